The molecule has 1 heterocycles. The van der Waals surface area contributed by atoms with Crippen LogP contribution in [0.3, 0.4) is 0 Å². The first-order valence-corrected chi connectivity index (χ1v) is 11.9. The first-order valence-electron chi connectivity index (χ1n) is 11.9. The highest BCUT2D eigenvalue weighted by atomic mass is 16.6. The summed E-state index contributed by atoms with van der Waals surface area (Å²) in [6, 6.07) is 0. The van der Waals surface area contributed by atoms with Gasteiger partial charge in [-0.2, -0.15) is 0 Å². The zero-order valence-corrected chi connectivity index (χ0v) is 18.2. The van der Waals surface area contributed by atoms with E-state index in [4.69, 9.17) is 14.6 Å². The zero-order chi connectivity index (χ0) is 20.5. The third kappa shape index (κ3) is 11.7. The SMILES string of the molecule is CCCCCCCCCCCCCCCCCO[C@@H]1CO[C@@H]([C@@H](O)CO)[C@H]1O. The molecule has 3 N–H and O–H groups in total. The number of rotatable bonds is 19. The Kier molecular flexibility index (Phi) is 16.3. The van der Waals surface area contributed by atoms with Gasteiger partial charge in [-0.1, -0.05) is 96.8 Å². The molecule has 168 valence electrons. The van der Waals surface area contributed by atoms with Crippen molar-refractivity contribution in [1.82, 2.24) is 0 Å². The summed E-state index contributed by atoms with van der Waals surface area (Å²) in [4.78, 5) is 0. The van der Waals surface area contributed by atoms with E-state index in [0.717, 1.165) is 12.8 Å². The summed E-state index contributed by atoms with van der Waals surface area (Å²) in [6.07, 6.45) is 17.0. The number of aliphatic hydroxyl groups excluding tert-OH is 3. The van der Waals surface area contributed by atoms with Crippen LogP contribution in [0.5, 0.6) is 0 Å². The van der Waals surface area contributed by atoms with E-state index in [2.05, 4.69) is 6.92 Å². The van der Waals surface area contributed by atoms with Crippen molar-refractivity contribution < 1.29 is 24.8 Å². The van der Waals surface area contributed by atoms with Crippen LogP contribution < -0.4 is 0 Å². The molecule has 0 aromatic rings. The van der Waals surface area contributed by atoms with E-state index >= 15 is 0 Å². The van der Waals surface area contributed by atoms with Crippen molar-refractivity contribution in [3.63, 3.8) is 0 Å². The molecule has 0 amide bonds. The smallest absolute Gasteiger partial charge is 0.114 e. The number of unbranched alkanes of at least 4 members (excludes halogenated alkanes) is 14. The van der Waals surface area contributed by atoms with Gasteiger partial charge >= 0.3 is 0 Å². The predicted octanol–water partition coefficient (Wildman–Crippen LogP) is 4.36. The molecule has 0 bridgehead atoms. The summed E-state index contributed by atoms with van der Waals surface area (Å²) < 4.78 is 11.0. The molecule has 0 unspecified atom stereocenters. The second-order valence-corrected chi connectivity index (χ2v) is 8.40. The van der Waals surface area contributed by atoms with Gasteiger partial charge in [-0.05, 0) is 6.42 Å². The molecule has 1 saturated heterocycles. The predicted molar refractivity (Wildman–Crippen MR) is 114 cm³/mol. The molecule has 0 spiro atoms. The van der Waals surface area contributed by atoms with Crippen molar-refractivity contribution in [3.05, 3.63) is 0 Å². The van der Waals surface area contributed by atoms with E-state index in [-0.39, 0.29) is 6.61 Å². The van der Waals surface area contributed by atoms with Gasteiger partial charge in [0.15, 0.2) is 0 Å². The molecule has 5 nitrogen and oxygen atoms in total. The highest BCUT2D eigenvalue weighted by Gasteiger charge is 2.40. The molecule has 0 saturated carbocycles. The van der Waals surface area contributed by atoms with Gasteiger partial charge in [0.1, 0.15) is 24.4 Å². The van der Waals surface area contributed by atoms with Crippen LogP contribution in [0.2, 0.25) is 0 Å². The molecule has 5 heteroatoms. The summed E-state index contributed by atoms with van der Waals surface area (Å²) in [5, 5.41) is 28.6. The molecule has 1 aliphatic rings. The number of hydrogen-bond acceptors (Lipinski definition) is 5. The maximum Gasteiger partial charge on any atom is 0.114 e. The summed E-state index contributed by atoms with van der Waals surface area (Å²) in [7, 11) is 0. The Labute approximate surface area is 172 Å². The molecular formula is C23H46O5. The summed E-state index contributed by atoms with van der Waals surface area (Å²) >= 11 is 0. The Morgan fingerprint density at radius 2 is 1.29 bits per heavy atom. The molecular weight excluding hydrogens is 356 g/mol. The lowest BCUT2D eigenvalue weighted by atomic mass is 10.0. The Balaban J connectivity index is 1.80. The van der Waals surface area contributed by atoms with Crippen LogP contribution in [0.4, 0.5) is 0 Å². The van der Waals surface area contributed by atoms with Crippen molar-refractivity contribution in [2.75, 3.05) is 19.8 Å². The zero-order valence-electron chi connectivity index (χ0n) is 18.2. The normalized spacial score (nSPS) is 23.4. The first-order chi connectivity index (χ1) is 13.7. The van der Waals surface area contributed by atoms with E-state index in [1.54, 1.807) is 0 Å². The van der Waals surface area contributed by atoms with E-state index in [1.165, 1.54) is 83.5 Å². The van der Waals surface area contributed by atoms with E-state index < -0.39 is 31.0 Å². The lowest BCUT2D eigenvalue weighted by Gasteiger charge is -2.20. The minimum absolute atomic E-state index is 0.279. The van der Waals surface area contributed by atoms with Crippen LogP contribution in [-0.2, 0) is 9.47 Å². The average Bonchev–Trinajstić information content (AvgIpc) is 3.07. The fourth-order valence-electron chi connectivity index (χ4n) is 3.91. The molecule has 0 aromatic heterocycles. The lowest BCUT2D eigenvalue weighted by molar-refractivity contribution is -0.0730. The fraction of sp³-hybridized carbons (Fsp3) is 1.00. The number of ether oxygens (including phenoxy) is 2. The highest BCUT2D eigenvalue weighted by Crippen LogP contribution is 2.20. The van der Waals surface area contributed by atoms with Crippen molar-refractivity contribution in [3.8, 4) is 0 Å². The van der Waals surface area contributed by atoms with Crippen molar-refractivity contribution in [2.24, 2.45) is 0 Å². The molecule has 4 atom stereocenters. The van der Waals surface area contributed by atoms with Crippen LogP contribution >= 0.6 is 0 Å². The van der Waals surface area contributed by atoms with E-state index in [9.17, 15) is 10.2 Å². The van der Waals surface area contributed by atoms with Gasteiger partial charge in [0, 0.05) is 6.61 Å². The maximum atomic E-state index is 10.1. The third-order valence-electron chi connectivity index (χ3n) is 5.82. The van der Waals surface area contributed by atoms with E-state index in [1.807, 2.05) is 0 Å². The van der Waals surface area contributed by atoms with Gasteiger partial charge in [0.2, 0.25) is 0 Å². The molecule has 0 radical (unpaired) electrons. The van der Waals surface area contributed by atoms with Gasteiger partial charge in [-0.25, -0.2) is 0 Å². The molecule has 1 aliphatic heterocycles. The maximum absolute atomic E-state index is 10.1. The quantitative estimate of drug-likeness (QED) is 0.280. The van der Waals surface area contributed by atoms with E-state index in [0.29, 0.717) is 6.61 Å². The summed E-state index contributed by atoms with van der Waals surface area (Å²) in [5.41, 5.74) is 0. The topological polar surface area (TPSA) is 79.2 Å². The fourth-order valence-corrected chi connectivity index (χ4v) is 3.91. The van der Waals surface area contributed by atoms with Crippen molar-refractivity contribution >= 4 is 0 Å². The molecule has 1 fully saturated rings. The molecule has 0 aromatic carbocycles. The van der Waals surface area contributed by atoms with Crippen molar-refractivity contribution in [2.45, 2.75) is 128 Å². The molecule has 28 heavy (non-hydrogen) atoms. The summed E-state index contributed by atoms with van der Waals surface area (Å²) in [5.74, 6) is 0. The number of hydrogen-bond donors (Lipinski definition) is 3. The minimum Gasteiger partial charge on any atom is -0.394 e. The Hall–Kier alpha value is -0.200. The van der Waals surface area contributed by atoms with Crippen LogP contribution in [0.1, 0.15) is 103 Å². The van der Waals surface area contributed by atoms with Gasteiger partial charge in [0.25, 0.3) is 0 Å². The third-order valence-corrected chi connectivity index (χ3v) is 5.82. The van der Waals surface area contributed by atoms with Crippen LogP contribution in [0, 0.1) is 0 Å². The van der Waals surface area contributed by atoms with Crippen LogP contribution in [-0.4, -0.2) is 59.6 Å². The summed E-state index contributed by atoms with van der Waals surface area (Å²) in [6.45, 7) is 2.76. The second kappa shape index (κ2) is 17.6. The van der Waals surface area contributed by atoms with Crippen LogP contribution in [0.25, 0.3) is 0 Å². The standard InChI is InChI=1S/C23H46O5/c1-2-3-4-5-6-7-8-9-10-11-12-13-14-15-16-17-27-21-19-28-23(22(21)26)20(25)18-24/h20-26H,2-19H2,1H3/t20-,21+,22-,23-/m0/s1. The monoisotopic (exact) mass is 402 g/mol. The minimum atomic E-state index is -1.05. The average molecular weight is 403 g/mol. The van der Waals surface area contributed by atoms with Gasteiger partial charge < -0.3 is 24.8 Å². The molecule has 1 rings (SSSR count). The Morgan fingerprint density at radius 1 is 0.821 bits per heavy atom. The van der Waals surface area contributed by atoms with Crippen molar-refractivity contribution in [1.29, 1.82) is 0 Å². The molecule has 0 aliphatic carbocycles. The second-order valence-electron chi connectivity index (χ2n) is 8.40. The highest BCUT2D eigenvalue weighted by molar-refractivity contribution is 4.88. The Bertz CT molecular complexity index is 339. The largest absolute Gasteiger partial charge is 0.394 e. The van der Waals surface area contributed by atoms with Crippen LogP contribution in [0.15, 0.2) is 0 Å². The van der Waals surface area contributed by atoms with Gasteiger partial charge in [-0.15, -0.1) is 0 Å². The lowest BCUT2D eigenvalue weighted by Crippen LogP contribution is -2.41. The Morgan fingerprint density at radius 3 is 1.75 bits per heavy atom. The van der Waals surface area contributed by atoms with Gasteiger partial charge in [0.05, 0.1) is 13.2 Å². The number of aliphatic hydroxyl groups is 3. The first kappa shape index (κ1) is 25.8. The van der Waals surface area contributed by atoms with Gasteiger partial charge in [-0.3, -0.25) is 0 Å².